The molecule has 0 spiro atoms. The summed E-state index contributed by atoms with van der Waals surface area (Å²) in [7, 11) is 0. The van der Waals surface area contributed by atoms with Gasteiger partial charge in [-0.25, -0.2) is 0 Å². The second-order valence-electron chi connectivity index (χ2n) is 7.36. The molecule has 0 radical (unpaired) electrons. The number of furan rings is 1. The molecule has 1 aromatic rings. The minimum absolute atomic E-state index is 0.000970. The Morgan fingerprint density at radius 3 is 2.50 bits per heavy atom. The Balaban J connectivity index is 1.86. The molecule has 2 heterocycles. The fraction of sp³-hybridized carbons (Fsp3) is 0.667. The zero-order valence-electron chi connectivity index (χ0n) is 14.9. The van der Waals surface area contributed by atoms with Gasteiger partial charge in [0.15, 0.2) is 0 Å². The van der Waals surface area contributed by atoms with Crippen molar-refractivity contribution >= 4 is 11.8 Å². The first kappa shape index (κ1) is 18.5. The normalized spacial score (nSPS) is 17.3. The summed E-state index contributed by atoms with van der Waals surface area (Å²) in [6.07, 6.45) is 5.27. The predicted octanol–water partition coefficient (Wildman–Crippen LogP) is 2.09. The van der Waals surface area contributed by atoms with Crippen molar-refractivity contribution in [3.8, 4) is 0 Å². The largest absolute Gasteiger partial charge is 0.468 e. The lowest BCUT2D eigenvalue weighted by molar-refractivity contribution is -0.131. The number of piperidine rings is 1. The fourth-order valence-corrected chi connectivity index (χ4v) is 2.82. The summed E-state index contributed by atoms with van der Waals surface area (Å²) < 4.78 is 5.56. The topological polar surface area (TPSA) is 74.6 Å². The number of hydrogen-bond acceptors (Lipinski definition) is 4. The molecule has 1 aliphatic heterocycles. The zero-order chi connectivity index (χ0) is 17.6. The molecule has 0 aromatic carbocycles. The molecule has 1 aliphatic rings. The van der Waals surface area contributed by atoms with Gasteiger partial charge in [0.1, 0.15) is 5.76 Å². The lowest BCUT2D eigenvalue weighted by Crippen LogP contribution is -2.45. The molecule has 1 aromatic heterocycles. The lowest BCUT2D eigenvalue weighted by atomic mass is 9.96. The lowest BCUT2D eigenvalue weighted by Gasteiger charge is -2.33. The van der Waals surface area contributed by atoms with Gasteiger partial charge in [0.25, 0.3) is 0 Å². The molecule has 24 heavy (non-hydrogen) atoms. The van der Waals surface area contributed by atoms with Crippen LogP contribution in [0.25, 0.3) is 0 Å². The molecule has 1 saturated heterocycles. The Morgan fingerprint density at radius 1 is 1.21 bits per heavy atom. The van der Waals surface area contributed by atoms with E-state index in [1.165, 1.54) is 19.3 Å². The SMILES string of the molecule is CC(C)(C)C(=O)NCC(=O)NCC(c1ccco1)N1CCCCC1. The van der Waals surface area contributed by atoms with Crippen LogP contribution in [0, 0.1) is 5.41 Å². The first-order valence-electron chi connectivity index (χ1n) is 8.70. The maximum absolute atomic E-state index is 12.1. The van der Waals surface area contributed by atoms with E-state index in [0.717, 1.165) is 18.8 Å². The summed E-state index contributed by atoms with van der Waals surface area (Å²) in [5.74, 6) is 0.563. The fourth-order valence-electron chi connectivity index (χ4n) is 2.82. The molecule has 0 aliphatic carbocycles. The maximum Gasteiger partial charge on any atom is 0.239 e. The minimum Gasteiger partial charge on any atom is -0.468 e. The highest BCUT2D eigenvalue weighted by Gasteiger charge is 2.25. The Bertz CT molecular complexity index is 528. The molecular weight excluding hydrogens is 306 g/mol. The summed E-state index contributed by atoms with van der Waals surface area (Å²) in [6.45, 7) is 7.99. The van der Waals surface area contributed by atoms with E-state index in [9.17, 15) is 9.59 Å². The van der Waals surface area contributed by atoms with Crippen LogP contribution in [-0.4, -0.2) is 42.9 Å². The molecule has 1 atom stereocenters. The van der Waals surface area contributed by atoms with E-state index in [2.05, 4.69) is 15.5 Å². The molecule has 0 bridgehead atoms. The van der Waals surface area contributed by atoms with Gasteiger partial charge >= 0.3 is 0 Å². The van der Waals surface area contributed by atoms with Crippen LogP contribution in [0.2, 0.25) is 0 Å². The van der Waals surface area contributed by atoms with Gasteiger partial charge in [0.2, 0.25) is 11.8 Å². The van der Waals surface area contributed by atoms with Crippen molar-refractivity contribution in [1.82, 2.24) is 15.5 Å². The van der Waals surface area contributed by atoms with E-state index in [4.69, 9.17) is 4.42 Å². The van der Waals surface area contributed by atoms with E-state index in [1.54, 1.807) is 6.26 Å². The molecule has 2 amide bonds. The smallest absolute Gasteiger partial charge is 0.239 e. The standard InChI is InChI=1S/C18H29N3O3/c1-18(2,3)17(23)20-13-16(22)19-12-14(15-8-7-11-24-15)21-9-5-4-6-10-21/h7-8,11,14H,4-6,9-10,12-13H2,1-3H3,(H,19,22)(H,20,23). The third kappa shape index (κ3) is 5.37. The molecule has 1 unspecified atom stereocenters. The van der Waals surface area contributed by atoms with Gasteiger partial charge in [-0.1, -0.05) is 27.2 Å². The molecule has 6 heteroatoms. The molecule has 1 fully saturated rings. The third-order valence-electron chi connectivity index (χ3n) is 4.29. The zero-order valence-corrected chi connectivity index (χ0v) is 14.9. The van der Waals surface area contributed by atoms with Crippen LogP contribution in [0.15, 0.2) is 22.8 Å². The van der Waals surface area contributed by atoms with Gasteiger partial charge < -0.3 is 15.1 Å². The third-order valence-corrected chi connectivity index (χ3v) is 4.29. The number of nitrogens with zero attached hydrogens (tertiary/aromatic N) is 1. The summed E-state index contributed by atoms with van der Waals surface area (Å²) in [5.41, 5.74) is -0.495. The van der Waals surface area contributed by atoms with Gasteiger partial charge in [-0.05, 0) is 38.1 Å². The van der Waals surface area contributed by atoms with Gasteiger partial charge in [0.05, 0.1) is 18.8 Å². The van der Waals surface area contributed by atoms with Crippen LogP contribution < -0.4 is 10.6 Å². The Kier molecular flexibility index (Phi) is 6.43. The van der Waals surface area contributed by atoms with Crippen LogP contribution in [0.1, 0.15) is 51.8 Å². The van der Waals surface area contributed by atoms with E-state index in [0.29, 0.717) is 6.54 Å². The average Bonchev–Trinajstić information content (AvgIpc) is 3.07. The number of hydrogen-bond donors (Lipinski definition) is 2. The van der Waals surface area contributed by atoms with Crippen molar-refractivity contribution in [1.29, 1.82) is 0 Å². The van der Waals surface area contributed by atoms with E-state index < -0.39 is 5.41 Å². The number of amides is 2. The molecule has 0 saturated carbocycles. The quantitative estimate of drug-likeness (QED) is 0.835. The minimum atomic E-state index is -0.495. The van der Waals surface area contributed by atoms with Crippen molar-refractivity contribution in [3.63, 3.8) is 0 Å². The summed E-state index contributed by atoms with van der Waals surface area (Å²) in [4.78, 5) is 26.2. The molecule has 6 nitrogen and oxygen atoms in total. The van der Waals surface area contributed by atoms with Gasteiger partial charge in [0, 0.05) is 12.0 Å². The van der Waals surface area contributed by atoms with Crippen molar-refractivity contribution in [2.75, 3.05) is 26.2 Å². The van der Waals surface area contributed by atoms with E-state index in [-0.39, 0.29) is 24.4 Å². The average molecular weight is 335 g/mol. The Morgan fingerprint density at radius 2 is 1.92 bits per heavy atom. The van der Waals surface area contributed by atoms with Crippen LogP contribution >= 0.6 is 0 Å². The van der Waals surface area contributed by atoms with Gasteiger partial charge in [-0.15, -0.1) is 0 Å². The van der Waals surface area contributed by atoms with Crippen LogP contribution in [0.5, 0.6) is 0 Å². The molecule has 2 N–H and O–H groups in total. The summed E-state index contributed by atoms with van der Waals surface area (Å²) in [5, 5.41) is 5.59. The number of rotatable bonds is 6. The Hall–Kier alpha value is -1.82. The van der Waals surface area contributed by atoms with E-state index >= 15 is 0 Å². The maximum atomic E-state index is 12.1. The Labute approximate surface area is 144 Å². The van der Waals surface area contributed by atoms with Crippen LogP contribution in [0.3, 0.4) is 0 Å². The second kappa shape index (κ2) is 8.33. The first-order valence-corrected chi connectivity index (χ1v) is 8.70. The summed E-state index contributed by atoms with van der Waals surface area (Å²) >= 11 is 0. The highest BCUT2D eigenvalue weighted by Crippen LogP contribution is 2.24. The first-order chi connectivity index (χ1) is 11.4. The van der Waals surface area contributed by atoms with Crippen molar-refractivity contribution in [3.05, 3.63) is 24.2 Å². The van der Waals surface area contributed by atoms with Crippen LogP contribution in [0.4, 0.5) is 0 Å². The van der Waals surface area contributed by atoms with Crippen molar-refractivity contribution in [2.45, 2.75) is 46.1 Å². The number of carbonyl (C=O) groups excluding carboxylic acids is 2. The number of carbonyl (C=O) groups is 2. The molecule has 134 valence electrons. The van der Waals surface area contributed by atoms with Crippen molar-refractivity contribution < 1.29 is 14.0 Å². The number of likely N-dealkylation sites (tertiary alicyclic amines) is 1. The van der Waals surface area contributed by atoms with Gasteiger partial charge in [-0.3, -0.25) is 14.5 Å². The highest BCUT2D eigenvalue weighted by molar-refractivity contribution is 5.87. The van der Waals surface area contributed by atoms with Crippen LogP contribution in [-0.2, 0) is 9.59 Å². The van der Waals surface area contributed by atoms with E-state index in [1.807, 2.05) is 32.9 Å². The predicted molar refractivity (Wildman–Crippen MR) is 92.3 cm³/mol. The molecule has 2 rings (SSSR count). The molecular formula is C18H29N3O3. The second-order valence-corrected chi connectivity index (χ2v) is 7.36. The van der Waals surface area contributed by atoms with Crippen molar-refractivity contribution in [2.24, 2.45) is 5.41 Å². The number of nitrogens with one attached hydrogen (secondary N) is 2. The highest BCUT2D eigenvalue weighted by atomic mass is 16.3. The summed E-state index contributed by atoms with van der Waals surface area (Å²) in [6, 6.07) is 3.87. The van der Waals surface area contributed by atoms with Gasteiger partial charge in [-0.2, -0.15) is 0 Å². The monoisotopic (exact) mass is 335 g/mol.